The van der Waals surface area contributed by atoms with Gasteiger partial charge in [-0.15, -0.1) is 0 Å². The predicted molar refractivity (Wildman–Crippen MR) is 83.5 cm³/mol. The summed E-state index contributed by atoms with van der Waals surface area (Å²) in [7, 11) is 0. The molecule has 1 unspecified atom stereocenters. The number of nitrogens with zero attached hydrogens (tertiary/aromatic N) is 1. The molecule has 0 aliphatic carbocycles. The van der Waals surface area contributed by atoms with Crippen molar-refractivity contribution < 1.29 is 19.1 Å². The highest BCUT2D eigenvalue weighted by molar-refractivity contribution is 8.26. The van der Waals surface area contributed by atoms with Gasteiger partial charge in [-0.05, 0) is 25.1 Å². The molecule has 1 aliphatic rings. The highest BCUT2D eigenvalue weighted by atomic mass is 35.5. The van der Waals surface area contributed by atoms with Crippen LogP contribution < -0.4 is 0 Å². The second-order valence-electron chi connectivity index (χ2n) is 4.20. The van der Waals surface area contributed by atoms with Crippen LogP contribution in [0.3, 0.4) is 0 Å². The molecule has 1 heterocycles. The summed E-state index contributed by atoms with van der Waals surface area (Å²) in [6.45, 7) is 1.35. The lowest BCUT2D eigenvalue weighted by Crippen LogP contribution is -2.41. The molecule has 2 rings (SSSR count). The lowest BCUT2D eigenvalue weighted by atomic mass is 10.2. The molecular weight excluding hydrogens is 337 g/mol. The van der Waals surface area contributed by atoms with Gasteiger partial charge in [0, 0.05) is 5.56 Å². The number of carboxylic acids is 1. The highest BCUT2D eigenvalue weighted by Gasteiger charge is 2.38. The minimum Gasteiger partial charge on any atom is -0.480 e. The Kier molecular flexibility index (Phi) is 4.65. The van der Waals surface area contributed by atoms with Crippen LogP contribution in [0.15, 0.2) is 23.1 Å². The van der Waals surface area contributed by atoms with Crippen molar-refractivity contribution in [1.29, 1.82) is 0 Å². The molecule has 1 amide bonds. The summed E-state index contributed by atoms with van der Waals surface area (Å²) in [6, 6.07) is 3.08. The number of hydrogen-bond acceptors (Lipinski definition) is 4. The number of carbonyl (C=O) groups is 2. The van der Waals surface area contributed by atoms with Gasteiger partial charge in [0.25, 0.3) is 5.91 Å². The molecule has 110 valence electrons. The van der Waals surface area contributed by atoms with Crippen LogP contribution in [0.25, 0.3) is 6.08 Å². The third kappa shape index (κ3) is 3.09. The smallest absolute Gasteiger partial charge is 0.326 e. The zero-order chi connectivity index (χ0) is 15.7. The number of benzene rings is 1. The van der Waals surface area contributed by atoms with Crippen LogP contribution in [0.2, 0.25) is 5.02 Å². The van der Waals surface area contributed by atoms with Crippen molar-refractivity contribution in [2.45, 2.75) is 13.0 Å². The average Bonchev–Trinajstić information content (AvgIpc) is 2.68. The molecule has 1 fully saturated rings. The number of aliphatic carboxylic acids is 1. The van der Waals surface area contributed by atoms with Crippen LogP contribution in [-0.4, -0.2) is 32.2 Å². The number of halogens is 2. The average molecular weight is 346 g/mol. The molecule has 1 aliphatic heterocycles. The molecule has 1 aromatic rings. The lowest BCUT2D eigenvalue weighted by molar-refractivity contribution is -0.144. The van der Waals surface area contributed by atoms with E-state index in [0.29, 0.717) is 0 Å². The van der Waals surface area contributed by atoms with Crippen molar-refractivity contribution in [3.8, 4) is 0 Å². The largest absolute Gasteiger partial charge is 0.480 e. The minimum atomic E-state index is -1.17. The summed E-state index contributed by atoms with van der Waals surface area (Å²) in [6.07, 6.45) is 1.28. The Morgan fingerprint density at radius 1 is 1.57 bits per heavy atom. The number of hydrogen-bond donors (Lipinski definition) is 1. The van der Waals surface area contributed by atoms with Gasteiger partial charge in [0.1, 0.15) is 16.2 Å². The molecule has 1 aromatic carbocycles. The fraction of sp³-hybridized carbons (Fsp3) is 0.154. The maximum Gasteiger partial charge on any atom is 0.326 e. The van der Waals surface area contributed by atoms with E-state index in [1.54, 1.807) is 0 Å². The highest BCUT2D eigenvalue weighted by Crippen LogP contribution is 2.35. The Morgan fingerprint density at radius 3 is 2.81 bits per heavy atom. The van der Waals surface area contributed by atoms with Crippen LogP contribution in [0.5, 0.6) is 0 Å². The number of carbonyl (C=O) groups excluding carboxylic acids is 1. The summed E-state index contributed by atoms with van der Waals surface area (Å²) < 4.78 is 13.8. The standard InChI is InChI=1S/C13H9ClFNO3S2/c1-6(12(18)19)16-11(17)10(21-13(16)20)5-7-8(14)3-2-4-9(7)15/h2-6H,1H3,(H,18,19)/b10-5+. The second-order valence-corrected chi connectivity index (χ2v) is 6.28. The van der Waals surface area contributed by atoms with Gasteiger partial charge in [-0.1, -0.05) is 41.6 Å². The molecule has 21 heavy (non-hydrogen) atoms. The van der Waals surface area contributed by atoms with E-state index in [0.717, 1.165) is 16.7 Å². The van der Waals surface area contributed by atoms with E-state index in [4.69, 9.17) is 28.9 Å². The molecule has 0 aromatic heterocycles. The van der Waals surface area contributed by atoms with Gasteiger partial charge in [0.05, 0.1) is 9.93 Å². The molecule has 1 saturated heterocycles. The summed E-state index contributed by atoms with van der Waals surface area (Å²) >= 11 is 11.8. The maximum atomic E-state index is 13.7. The first-order chi connectivity index (χ1) is 9.82. The Bertz CT molecular complexity index is 657. The monoisotopic (exact) mass is 345 g/mol. The first-order valence-electron chi connectivity index (χ1n) is 5.76. The van der Waals surface area contributed by atoms with Crippen LogP contribution in [-0.2, 0) is 9.59 Å². The molecule has 1 atom stereocenters. The third-order valence-corrected chi connectivity index (χ3v) is 4.50. The van der Waals surface area contributed by atoms with Gasteiger partial charge >= 0.3 is 5.97 Å². The Labute approximate surface area is 134 Å². The van der Waals surface area contributed by atoms with E-state index in [2.05, 4.69) is 0 Å². The molecular formula is C13H9ClFNO3S2. The lowest BCUT2D eigenvalue weighted by Gasteiger charge is -2.18. The van der Waals surface area contributed by atoms with Gasteiger partial charge < -0.3 is 5.11 Å². The van der Waals surface area contributed by atoms with Gasteiger partial charge in [0.15, 0.2) is 0 Å². The molecule has 1 N–H and O–H groups in total. The molecule has 8 heteroatoms. The summed E-state index contributed by atoms with van der Waals surface area (Å²) in [5.41, 5.74) is 0.0719. The van der Waals surface area contributed by atoms with Crippen molar-refractivity contribution in [1.82, 2.24) is 4.90 Å². The molecule has 0 spiro atoms. The van der Waals surface area contributed by atoms with Crippen molar-refractivity contribution in [3.05, 3.63) is 39.5 Å². The first kappa shape index (κ1) is 15.9. The van der Waals surface area contributed by atoms with Gasteiger partial charge in [0.2, 0.25) is 0 Å². The van der Waals surface area contributed by atoms with Crippen molar-refractivity contribution in [3.63, 3.8) is 0 Å². The Morgan fingerprint density at radius 2 is 2.24 bits per heavy atom. The van der Waals surface area contributed by atoms with Crippen LogP contribution >= 0.6 is 35.6 Å². The summed E-state index contributed by atoms with van der Waals surface area (Å²) in [5, 5.41) is 9.14. The van der Waals surface area contributed by atoms with Crippen LogP contribution in [0.4, 0.5) is 4.39 Å². The second kappa shape index (κ2) is 6.13. The van der Waals surface area contributed by atoms with Gasteiger partial charge in [-0.2, -0.15) is 0 Å². The Balaban J connectivity index is 2.39. The minimum absolute atomic E-state index is 0.0719. The quantitative estimate of drug-likeness (QED) is 0.673. The number of thiocarbonyl (C=S) groups is 1. The van der Waals surface area contributed by atoms with E-state index in [9.17, 15) is 14.0 Å². The number of carboxylic acid groups (broad SMARTS) is 1. The third-order valence-electron chi connectivity index (χ3n) is 2.84. The van der Waals surface area contributed by atoms with E-state index < -0.39 is 23.7 Å². The van der Waals surface area contributed by atoms with Crippen molar-refractivity contribution >= 4 is 57.9 Å². The number of thioether (sulfide) groups is 1. The fourth-order valence-corrected chi connectivity index (χ4v) is 3.32. The summed E-state index contributed by atoms with van der Waals surface area (Å²) in [5.74, 6) is -2.31. The SMILES string of the molecule is CC(C(=O)O)N1C(=O)/C(=C\c2c(F)cccc2Cl)SC1=S. The van der Waals surface area contributed by atoms with E-state index in [1.807, 2.05) is 0 Å². The van der Waals surface area contributed by atoms with Gasteiger partial charge in [-0.25, -0.2) is 9.18 Å². The zero-order valence-corrected chi connectivity index (χ0v) is 13.1. The van der Waals surface area contributed by atoms with E-state index >= 15 is 0 Å². The maximum absolute atomic E-state index is 13.7. The van der Waals surface area contributed by atoms with E-state index in [1.165, 1.54) is 31.2 Å². The predicted octanol–water partition coefficient (Wildman–Crippen LogP) is 3.15. The van der Waals surface area contributed by atoms with Crippen LogP contribution in [0.1, 0.15) is 12.5 Å². The molecule has 0 radical (unpaired) electrons. The Hall–Kier alpha value is -1.44. The normalized spacial score (nSPS) is 18.4. The van der Waals surface area contributed by atoms with Crippen molar-refractivity contribution in [2.75, 3.05) is 0 Å². The number of amides is 1. The molecule has 4 nitrogen and oxygen atoms in total. The zero-order valence-electron chi connectivity index (χ0n) is 10.7. The fourth-order valence-electron chi connectivity index (χ4n) is 1.70. The first-order valence-corrected chi connectivity index (χ1v) is 7.37. The van der Waals surface area contributed by atoms with Crippen molar-refractivity contribution in [2.24, 2.45) is 0 Å². The van der Waals surface area contributed by atoms with Crippen LogP contribution in [0, 0.1) is 5.82 Å². The number of rotatable bonds is 3. The molecule has 0 bridgehead atoms. The summed E-state index contributed by atoms with van der Waals surface area (Å²) in [4.78, 5) is 24.3. The van der Waals surface area contributed by atoms with Gasteiger partial charge in [-0.3, -0.25) is 9.69 Å². The van der Waals surface area contributed by atoms with E-state index in [-0.39, 0.29) is 19.8 Å². The molecule has 0 saturated carbocycles. The topological polar surface area (TPSA) is 57.6 Å².